The fourth-order valence-corrected chi connectivity index (χ4v) is 2.52. The normalized spacial score (nSPS) is 13.4. The molecule has 0 radical (unpaired) electrons. The summed E-state index contributed by atoms with van der Waals surface area (Å²) in [5.41, 5.74) is 2.78. The number of aromatic nitrogens is 4. The number of nitrogens with one attached hydrogen (secondary N) is 4. The van der Waals surface area contributed by atoms with E-state index in [4.69, 9.17) is 0 Å². The van der Waals surface area contributed by atoms with E-state index in [0.29, 0.717) is 5.82 Å². The van der Waals surface area contributed by atoms with Crippen LogP contribution in [0.3, 0.4) is 0 Å². The number of benzene rings is 1. The fraction of sp³-hybridized carbons (Fsp3) is 0.154. The van der Waals surface area contributed by atoms with Gasteiger partial charge >= 0.3 is 5.69 Å². The Labute approximate surface area is 112 Å². The van der Waals surface area contributed by atoms with E-state index in [1.807, 2.05) is 18.2 Å². The van der Waals surface area contributed by atoms with Crippen LogP contribution in [0.25, 0.3) is 22.6 Å². The van der Waals surface area contributed by atoms with Crippen LogP contribution >= 0.6 is 0 Å². The predicted molar refractivity (Wildman–Crippen MR) is 75.0 cm³/mol. The zero-order chi connectivity index (χ0) is 13.7. The van der Waals surface area contributed by atoms with E-state index in [1.165, 1.54) is 5.56 Å². The van der Waals surface area contributed by atoms with Crippen molar-refractivity contribution in [3.8, 4) is 11.4 Å². The highest BCUT2D eigenvalue weighted by Crippen LogP contribution is 2.27. The molecule has 0 bridgehead atoms. The van der Waals surface area contributed by atoms with Gasteiger partial charge in [-0.2, -0.15) is 0 Å². The van der Waals surface area contributed by atoms with Gasteiger partial charge in [-0.3, -0.25) is 14.8 Å². The van der Waals surface area contributed by atoms with Crippen LogP contribution in [0.1, 0.15) is 5.56 Å². The Hall–Kier alpha value is -2.83. The first kappa shape index (κ1) is 11.0. The molecule has 0 unspecified atom stereocenters. The third kappa shape index (κ3) is 1.56. The van der Waals surface area contributed by atoms with E-state index in [1.54, 1.807) is 0 Å². The van der Waals surface area contributed by atoms with E-state index in [9.17, 15) is 9.59 Å². The lowest BCUT2D eigenvalue weighted by atomic mass is 10.1. The van der Waals surface area contributed by atoms with Gasteiger partial charge in [0, 0.05) is 17.8 Å². The van der Waals surface area contributed by atoms with E-state index in [0.717, 1.165) is 24.2 Å². The molecule has 7 nitrogen and oxygen atoms in total. The zero-order valence-electron chi connectivity index (χ0n) is 10.4. The number of aromatic amines is 3. The topological polar surface area (TPSA) is 106 Å². The van der Waals surface area contributed by atoms with Gasteiger partial charge < -0.3 is 10.3 Å². The minimum atomic E-state index is -0.557. The summed E-state index contributed by atoms with van der Waals surface area (Å²) >= 11 is 0. The fourth-order valence-electron chi connectivity index (χ4n) is 2.52. The zero-order valence-corrected chi connectivity index (χ0v) is 10.4. The van der Waals surface area contributed by atoms with Crippen LogP contribution in [0, 0.1) is 0 Å². The summed E-state index contributed by atoms with van der Waals surface area (Å²) in [5.74, 6) is 0.571. The maximum Gasteiger partial charge on any atom is 0.327 e. The average Bonchev–Trinajstić information content (AvgIpc) is 3.03. The Bertz CT molecular complexity index is 934. The molecule has 4 N–H and O–H groups in total. The summed E-state index contributed by atoms with van der Waals surface area (Å²) < 4.78 is 0. The smallest absolute Gasteiger partial charge is 0.327 e. The van der Waals surface area contributed by atoms with Gasteiger partial charge in [-0.1, -0.05) is 0 Å². The summed E-state index contributed by atoms with van der Waals surface area (Å²) in [5, 5.41) is 3.29. The Balaban J connectivity index is 1.92. The van der Waals surface area contributed by atoms with E-state index in [2.05, 4.69) is 25.3 Å². The first-order valence-electron chi connectivity index (χ1n) is 6.30. The predicted octanol–water partition coefficient (Wildman–Crippen LogP) is 0.575. The van der Waals surface area contributed by atoms with Gasteiger partial charge in [0.2, 0.25) is 0 Å². The summed E-state index contributed by atoms with van der Waals surface area (Å²) in [4.78, 5) is 34.8. The van der Waals surface area contributed by atoms with Crippen LogP contribution in [0.15, 0.2) is 27.8 Å². The highest BCUT2D eigenvalue weighted by atomic mass is 16.2. The summed E-state index contributed by atoms with van der Waals surface area (Å²) in [6, 6.07) is 5.97. The summed E-state index contributed by atoms with van der Waals surface area (Å²) in [7, 11) is 0. The molecule has 100 valence electrons. The molecule has 0 fully saturated rings. The monoisotopic (exact) mass is 269 g/mol. The van der Waals surface area contributed by atoms with Gasteiger partial charge in [0.15, 0.2) is 5.65 Å². The summed E-state index contributed by atoms with van der Waals surface area (Å²) in [6.45, 7) is 0.936. The highest BCUT2D eigenvalue weighted by molar-refractivity contribution is 5.76. The van der Waals surface area contributed by atoms with Gasteiger partial charge in [0.25, 0.3) is 5.56 Å². The van der Waals surface area contributed by atoms with Gasteiger partial charge in [-0.25, -0.2) is 9.78 Å². The molecular formula is C13H11N5O2. The first-order valence-corrected chi connectivity index (χ1v) is 6.30. The van der Waals surface area contributed by atoms with Crippen LogP contribution in [0.2, 0.25) is 0 Å². The number of hydrogen-bond donors (Lipinski definition) is 4. The lowest BCUT2D eigenvalue weighted by Crippen LogP contribution is -2.21. The third-order valence-electron chi connectivity index (χ3n) is 3.48. The Kier molecular flexibility index (Phi) is 2.11. The van der Waals surface area contributed by atoms with Gasteiger partial charge in [0.1, 0.15) is 11.3 Å². The molecular weight excluding hydrogens is 258 g/mol. The van der Waals surface area contributed by atoms with Crippen LogP contribution in [-0.4, -0.2) is 26.5 Å². The molecule has 7 heteroatoms. The van der Waals surface area contributed by atoms with E-state index >= 15 is 0 Å². The molecule has 0 saturated heterocycles. The highest BCUT2D eigenvalue weighted by Gasteiger charge is 2.13. The molecule has 0 atom stereocenters. The second-order valence-electron chi connectivity index (χ2n) is 4.77. The molecule has 0 amide bonds. The van der Waals surface area contributed by atoms with Crippen molar-refractivity contribution in [2.75, 3.05) is 11.9 Å². The number of rotatable bonds is 1. The van der Waals surface area contributed by atoms with Crippen molar-refractivity contribution in [1.29, 1.82) is 0 Å². The standard InChI is InChI=1S/C13H11N5O2/c19-12-9-11(17-13(20)18-12)16-10(15-9)7-1-2-8-6(5-7)3-4-14-8/h1-2,5,14H,3-4H2,(H3,15,16,17,18,19,20). The molecule has 0 spiro atoms. The number of imidazole rings is 1. The minimum absolute atomic E-state index is 0.271. The number of H-pyrrole nitrogens is 3. The molecule has 20 heavy (non-hydrogen) atoms. The van der Waals surface area contributed by atoms with Gasteiger partial charge in [-0.05, 0) is 30.2 Å². The van der Waals surface area contributed by atoms with Crippen molar-refractivity contribution in [1.82, 2.24) is 19.9 Å². The maximum absolute atomic E-state index is 11.7. The summed E-state index contributed by atoms with van der Waals surface area (Å²) in [6.07, 6.45) is 0.973. The molecule has 4 rings (SSSR count). The van der Waals surface area contributed by atoms with E-state index in [-0.39, 0.29) is 11.2 Å². The second-order valence-corrected chi connectivity index (χ2v) is 4.77. The Morgan fingerprint density at radius 3 is 2.90 bits per heavy atom. The Morgan fingerprint density at radius 2 is 2.00 bits per heavy atom. The molecule has 1 aromatic carbocycles. The van der Waals surface area contributed by atoms with Crippen LogP contribution < -0.4 is 16.6 Å². The third-order valence-corrected chi connectivity index (χ3v) is 3.48. The molecule has 3 heterocycles. The molecule has 1 aliphatic heterocycles. The van der Waals surface area contributed by atoms with Crippen molar-refractivity contribution >= 4 is 16.9 Å². The van der Waals surface area contributed by atoms with Crippen LogP contribution in [0.5, 0.6) is 0 Å². The van der Waals surface area contributed by atoms with Crippen molar-refractivity contribution in [2.24, 2.45) is 0 Å². The van der Waals surface area contributed by atoms with Crippen molar-refractivity contribution < 1.29 is 0 Å². The lowest BCUT2D eigenvalue weighted by Gasteiger charge is -2.01. The van der Waals surface area contributed by atoms with Gasteiger partial charge in [-0.15, -0.1) is 0 Å². The average molecular weight is 269 g/mol. The quantitative estimate of drug-likeness (QED) is 0.518. The van der Waals surface area contributed by atoms with Crippen molar-refractivity contribution in [3.05, 3.63) is 44.6 Å². The SMILES string of the molecule is O=c1[nH]c(=O)c2[nH]c(-c3ccc4c(c3)CCN4)nc2[nH]1. The number of fused-ring (bicyclic) bond motifs is 2. The first-order chi connectivity index (χ1) is 9.70. The molecule has 2 aromatic heterocycles. The molecule has 3 aromatic rings. The second kappa shape index (κ2) is 3.83. The maximum atomic E-state index is 11.7. The van der Waals surface area contributed by atoms with Crippen molar-refractivity contribution in [3.63, 3.8) is 0 Å². The van der Waals surface area contributed by atoms with Crippen LogP contribution in [0.4, 0.5) is 5.69 Å². The molecule has 0 aliphatic carbocycles. The number of nitrogens with zero attached hydrogens (tertiary/aromatic N) is 1. The van der Waals surface area contributed by atoms with Gasteiger partial charge in [0.05, 0.1) is 0 Å². The number of anilines is 1. The van der Waals surface area contributed by atoms with Crippen LogP contribution in [-0.2, 0) is 6.42 Å². The minimum Gasteiger partial charge on any atom is -0.384 e. The molecule has 1 aliphatic rings. The lowest BCUT2D eigenvalue weighted by molar-refractivity contribution is 1.07. The van der Waals surface area contributed by atoms with Crippen molar-refractivity contribution in [2.45, 2.75) is 6.42 Å². The van der Waals surface area contributed by atoms with E-state index < -0.39 is 11.2 Å². The Morgan fingerprint density at radius 1 is 1.10 bits per heavy atom. The number of hydrogen-bond acceptors (Lipinski definition) is 4. The largest absolute Gasteiger partial charge is 0.384 e. The molecule has 0 saturated carbocycles.